The van der Waals surface area contributed by atoms with E-state index in [1.165, 1.54) is 31.6 Å². The average Bonchev–Trinajstić information content (AvgIpc) is 3.82. The van der Waals surface area contributed by atoms with Crippen LogP contribution in [0.3, 0.4) is 0 Å². The quantitative estimate of drug-likeness (QED) is 0.214. The molecule has 45 heavy (non-hydrogen) atoms. The SMILES string of the molecule is C#C.Cc1c(-c2cnn(C)c2)nn(-c2ccccc2)c1NC(N)=O.Cc1ccc(CN2CC[C@H](C)C2)o1.Fc1ccccc1F. The largest absolute Gasteiger partial charge is 0.465 e. The number of amides is 2. The predicted octanol–water partition coefficient (Wildman–Crippen LogP) is 6.72. The summed E-state index contributed by atoms with van der Waals surface area (Å²) in [6.45, 7) is 9.63. The smallest absolute Gasteiger partial charge is 0.317 e. The van der Waals surface area contributed by atoms with Crippen LogP contribution in [0.4, 0.5) is 19.4 Å². The number of nitrogens with two attached hydrogens (primary N) is 1. The number of carbonyl (C=O) groups excluding carboxylic acids is 1. The van der Waals surface area contributed by atoms with Crippen LogP contribution in [0.5, 0.6) is 0 Å². The van der Waals surface area contributed by atoms with Crippen molar-refractivity contribution in [3.63, 3.8) is 0 Å². The minimum absolute atomic E-state index is 0.553. The molecule has 1 fully saturated rings. The lowest BCUT2D eigenvalue weighted by Gasteiger charge is -2.12. The van der Waals surface area contributed by atoms with E-state index in [9.17, 15) is 13.6 Å². The van der Waals surface area contributed by atoms with Gasteiger partial charge in [0.2, 0.25) is 0 Å². The maximum absolute atomic E-state index is 11.9. The first-order valence-electron chi connectivity index (χ1n) is 14.3. The van der Waals surface area contributed by atoms with Crippen molar-refractivity contribution < 1.29 is 18.0 Å². The molecule has 0 unspecified atom stereocenters. The highest BCUT2D eigenvalue weighted by Crippen LogP contribution is 2.30. The van der Waals surface area contributed by atoms with Crippen molar-refractivity contribution >= 4 is 11.8 Å². The molecule has 3 N–H and O–H groups in total. The molecule has 236 valence electrons. The van der Waals surface area contributed by atoms with E-state index in [0.717, 1.165) is 58.6 Å². The Hall–Kier alpha value is -5.21. The van der Waals surface area contributed by atoms with Crippen molar-refractivity contribution in [2.24, 2.45) is 18.7 Å². The van der Waals surface area contributed by atoms with Gasteiger partial charge in [-0.2, -0.15) is 10.2 Å². The molecule has 1 atom stereocenters. The Labute approximate surface area is 262 Å². The zero-order chi connectivity index (χ0) is 32.9. The zero-order valence-electron chi connectivity index (χ0n) is 26.0. The summed E-state index contributed by atoms with van der Waals surface area (Å²) in [6.07, 6.45) is 12.9. The minimum Gasteiger partial charge on any atom is -0.465 e. The van der Waals surface area contributed by atoms with Crippen molar-refractivity contribution in [3.8, 4) is 29.8 Å². The number of aryl methyl sites for hydroxylation is 2. The van der Waals surface area contributed by atoms with Gasteiger partial charge >= 0.3 is 6.03 Å². The molecule has 9 nitrogen and oxygen atoms in total. The van der Waals surface area contributed by atoms with Crippen LogP contribution in [-0.2, 0) is 13.6 Å². The number of benzene rings is 2. The van der Waals surface area contributed by atoms with Gasteiger partial charge in [-0.15, -0.1) is 12.8 Å². The van der Waals surface area contributed by atoms with Crippen molar-refractivity contribution in [1.29, 1.82) is 0 Å². The molecule has 11 heteroatoms. The van der Waals surface area contributed by atoms with Gasteiger partial charge in [0.15, 0.2) is 11.6 Å². The Morgan fingerprint density at radius 1 is 1.04 bits per heavy atom. The molecule has 1 saturated heterocycles. The molecule has 1 aliphatic heterocycles. The van der Waals surface area contributed by atoms with Crippen molar-refractivity contribution in [2.75, 3.05) is 18.4 Å². The maximum Gasteiger partial charge on any atom is 0.317 e. The Morgan fingerprint density at radius 2 is 1.69 bits per heavy atom. The summed E-state index contributed by atoms with van der Waals surface area (Å²) in [5.41, 5.74) is 8.58. The molecule has 0 radical (unpaired) electrons. The summed E-state index contributed by atoms with van der Waals surface area (Å²) in [7, 11) is 1.84. The van der Waals surface area contributed by atoms with Gasteiger partial charge in [-0.1, -0.05) is 37.3 Å². The molecule has 6 rings (SSSR count). The van der Waals surface area contributed by atoms with Crippen molar-refractivity contribution in [2.45, 2.75) is 33.7 Å². The molecule has 5 aromatic rings. The average molecular weight is 616 g/mol. The fraction of sp³-hybridized carbons (Fsp3) is 0.265. The van der Waals surface area contributed by atoms with Gasteiger partial charge in [-0.05, 0) is 69.1 Å². The van der Waals surface area contributed by atoms with Crippen LogP contribution in [0.15, 0.2) is 83.5 Å². The number of halogens is 2. The molecular weight excluding hydrogens is 576 g/mol. The van der Waals surface area contributed by atoms with Crippen LogP contribution >= 0.6 is 0 Å². The normalized spacial score (nSPS) is 13.8. The van der Waals surface area contributed by atoms with E-state index in [4.69, 9.17) is 10.2 Å². The summed E-state index contributed by atoms with van der Waals surface area (Å²) in [4.78, 5) is 13.8. The van der Waals surface area contributed by atoms with Crippen molar-refractivity contribution in [1.82, 2.24) is 24.5 Å². The Morgan fingerprint density at radius 3 is 2.18 bits per heavy atom. The van der Waals surface area contributed by atoms with Gasteiger partial charge in [0.25, 0.3) is 0 Å². The van der Waals surface area contributed by atoms with Gasteiger partial charge in [0.1, 0.15) is 23.0 Å². The first kappa shape index (κ1) is 34.3. The second kappa shape index (κ2) is 16.6. The lowest BCUT2D eigenvalue weighted by atomic mass is 10.1. The van der Waals surface area contributed by atoms with E-state index >= 15 is 0 Å². The number of hydrogen-bond donors (Lipinski definition) is 2. The van der Waals surface area contributed by atoms with Crippen LogP contribution in [0.1, 0.15) is 30.4 Å². The number of likely N-dealkylation sites (tertiary alicyclic amines) is 1. The van der Waals surface area contributed by atoms with Gasteiger partial charge in [-0.3, -0.25) is 14.9 Å². The number of carbonyl (C=O) groups is 1. The summed E-state index contributed by atoms with van der Waals surface area (Å²) < 4.78 is 32.8. The Kier molecular flexibility index (Phi) is 12.6. The standard InChI is InChI=1S/C15H16N6O.C11H17NO.C6H4F2.C2H2/c1-10-13(11-8-17-20(2)9-11)19-21(14(10)18-15(16)22)12-6-4-3-5-7-12;1-9-5-6-12(7-9)8-11-4-3-10(2)13-11;7-5-3-1-2-4-6(5)8;1-2/h3-9H,1-2H3,(H3,16,18,22);3-4,9H,5-8H2,1-2H3;1-4H;1-2H/t;9-;;/m.0../s1. The Bertz CT molecular complexity index is 1650. The zero-order valence-corrected chi connectivity index (χ0v) is 26.0. The van der Waals surface area contributed by atoms with Gasteiger partial charge in [0.05, 0.1) is 18.4 Å². The lowest BCUT2D eigenvalue weighted by Crippen LogP contribution is -2.21. The monoisotopic (exact) mass is 615 g/mol. The number of terminal acetylenes is 1. The number of furan rings is 1. The Balaban J connectivity index is 0.000000202. The summed E-state index contributed by atoms with van der Waals surface area (Å²) in [5.74, 6) is 1.93. The number of hydrogen-bond acceptors (Lipinski definition) is 5. The van der Waals surface area contributed by atoms with Crippen LogP contribution in [0.2, 0.25) is 0 Å². The van der Waals surface area contributed by atoms with Crippen LogP contribution in [0.25, 0.3) is 16.9 Å². The maximum atomic E-state index is 11.9. The fourth-order valence-corrected chi connectivity index (χ4v) is 4.73. The van der Waals surface area contributed by atoms with Crippen LogP contribution < -0.4 is 11.1 Å². The van der Waals surface area contributed by atoms with E-state index in [1.54, 1.807) is 15.6 Å². The summed E-state index contributed by atoms with van der Waals surface area (Å²) >= 11 is 0. The number of aromatic nitrogens is 4. The molecule has 2 amide bonds. The van der Waals surface area contributed by atoms with Crippen molar-refractivity contribution in [3.05, 3.63) is 108 Å². The first-order chi connectivity index (χ1) is 21.6. The molecule has 0 aliphatic carbocycles. The van der Waals surface area contributed by atoms with E-state index in [0.29, 0.717) is 5.82 Å². The molecular formula is C34H39F2N7O2. The molecule has 3 aromatic heterocycles. The minimum atomic E-state index is -0.799. The molecule has 0 saturated carbocycles. The van der Waals surface area contributed by atoms with Gasteiger partial charge in [-0.25, -0.2) is 18.3 Å². The number of nitrogens with one attached hydrogen (secondary N) is 1. The number of para-hydroxylation sites is 1. The van der Waals surface area contributed by atoms with E-state index in [1.807, 2.05) is 63.5 Å². The summed E-state index contributed by atoms with van der Waals surface area (Å²) in [6, 6.07) is 18.1. The molecule has 0 spiro atoms. The van der Waals surface area contributed by atoms with Gasteiger partial charge in [0, 0.05) is 30.9 Å². The highest BCUT2D eigenvalue weighted by molar-refractivity contribution is 5.89. The molecule has 2 aromatic carbocycles. The molecule has 4 heterocycles. The third-order valence-corrected chi connectivity index (χ3v) is 6.85. The molecule has 0 bridgehead atoms. The second-order valence-corrected chi connectivity index (χ2v) is 10.5. The highest BCUT2D eigenvalue weighted by atomic mass is 19.2. The number of nitrogens with zero attached hydrogens (tertiary/aromatic N) is 5. The second-order valence-electron chi connectivity index (χ2n) is 10.5. The number of urea groups is 1. The number of rotatable bonds is 5. The first-order valence-corrected chi connectivity index (χ1v) is 14.3. The van der Waals surface area contributed by atoms with Gasteiger partial charge < -0.3 is 10.2 Å². The van der Waals surface area contributed by atoms with Crippen LogP contribution in [0, 0.1) is 44.2 Å². The topological polar surface area (TPSA) is 107 Å². The van der Waals surface area contributed by atoms with Crippen LogP contribution in [-0.4, -0.2) is 43.6 Å². The summed E-state index contributed by atoms with van der Waals surface area (Å²) in [5, 5.41) is 11.4. The molecule has 1 aliphatic rings. The predicted molar refractivity (Wildman–Crippen MR) is 172 cm³/mol. The number of primary amides is 1. The fourth-order valence-electron chi connectivity index (χ4n) is 4.73. The number of anilines is 1. The third-order valence-electron chi connectivity index (χ3n) is 6.85. The highest BCUT2D eigenvalue weighted by Gasteiger charge is 2.20. The lowest BCUT2D eigenvalue weighted by molar-refractivity contribution is 0.259. The third kappa shape index (κ3) is 9.91. The van der Waals surface area contributed by atoms with E-state index in [2.05, 4.69) is 46.3 Å². The van der Waals surface area contributed by atoms with E-state index in [-0.39, 0.29) is 0 Å². The van der Waals surface area contributed by atoms with E-state index < -0.39 is 17.7 Å².